The highest BCUT2D eigenvalue weighted by Crippen LogP contribution is 2.26. The topological polar surface area (TPSA) is 67.8 Å². The third kappa shape index (κ3) is 3.52. The van der Waals surface area contributed by atoms with E-state index in [1.807, 2.05) is 74.5 Å². The van der Waals surface area contributed by atoms with Gasteiger partial charge in [-0.3, -0.25) is 14.2 Å². The summed E-state index contributed by atoms with van der Waals surface area (Å²) in [6.45, 7) is 4.00. The minimum Gasteiger partial charge on any atom is -0.360 e. The number of hydrogen-bond donors (Lipinski definition) is 1. The van der Waals surface area contributed by atoms with Gasteiger partial charge in [0.15, 0.2) is 10.9 Å². The van der Waals surface area contributed by atoms with Crippen LogP contribution in [-0.4, -0.2) is 26.1 Å². The van der Waals surface area contributed by atoms with Gasteiger partial charge in [0.1, 0.15) is 0 Å². The van der Waals surface area contributed by atoms with Gasteiger partial charge in [-0.25, -0.2) is 4.98 Å². The second-order valence-electron chi connectivity index (χ2n) is 7.80. The molecule has 5 nitrogen and oxygen atoms in total. The van der Waals surface area contributed by atoms with Gasteiger partial charge in [0.05, 0.1) is 22.3 Å². The Labute approximate surface area is 189 Å². The quantitative estimate of drug-likeness (QED) is 0.224. The van der Waals surface area contributed by atoms with E-state index in [2.05, 4.69) is 4.98 Å². The lowest BCUT2D eigenvalue weighted by Gasteiger charge is -2.15. The van der Waals surface area contributed by atoms with Crippen molar-refractivity contribution in [3.63, 3.8) is 0 Å². The molecular formula is C26H21N3O2S. The number of aromatic amines is 1. The van der Waals surface area contributed by atoms with Crippen LogP contribution in [0.3, 0.4) is 0 Å². The number of hydrogen-bond acceptors (Lipinski definition) is 4. The average Bonchev–Trinajstić information content (AvgIpc) is 3.23. The SMILES string of the molecule is Cc1ccc(-n2c(SCC(=O)c3c[nH]c4ccccc34)nc3ccccc3c2=O)c(C)c1. The fraction of sp³-hybridized carbons (Fsp3) is 0.115. The van der Waals surface area contributed by atoms with Gasteiger partial charge in [-0.05, 0) is 43.7 Å². The first-order valence-electron chi connectivity index (χ1n) is 10.3. The molecule has 0 aliphatic carbocycles. The maximum absolute atomic E-state index is 13.5. The standard InChI is InChI=1S/C26H21N3O2S/c1-16-11-12-23(17(2)13-16)29-25(31)19-8-4-6-10-22(19)28-26(29)32-15-24(30)20-14-27-21-9-5-3-7-18(20)21/h3-14,27H,15H2,1-2H3. The van der Waals surface area contributed by atoms with Gasteiger partial charge in [-0.15, -0.1) is 0 Å². The summed E-state index contributed by atoms with van der Waals surface area (Å²) in [6.07, 6.45) is 1.75. The zero-order valence-electron chi connectivity index (χ0n) is 17.8. The van der Waals surface area contributed by atoms with E-state index in [1.54, 1.807) is 16.8 Å². The normalized spacial score (nSPS) is 11.3. The third-order valence-corrected chi connectivity index (χ3v) is 6.50. The number of aryl methyl sites for hydroxylation is 2. The predicted octanol–water partition coefficient (Wildman–Crippen LogP) is 5.46. The lowest BCUT2D eigenvalue weighted by atomic mass is 10.1. The number of benzene rings is 3. The van der Waals surface area contributed by atoms with Crippen molar-refractivity contribution in [1.82, 2.24) is 14.5 Å². The fourth-order valence-electron chi connectivity index (χ4n) is 3.99. The summed E-state index contributed by atoms with van der Waals surface area (Å²) in [5.74, 6) is 0.166. The molecule has 32 heavy (non-hydrogen) atoms. The third-order valence-electron chi connectivity index (χ3n) is 5.56. The molecule has 3 aromatic carbocycles. The van der Waals surface area contributed by atoms with Crippen molar-refractivity contribution in [2.45, 2.75) is 19.0 Å². The zero-order valence-corrected chi connectivity index (χ0v) is 18.6. The number of aromatic nitrogens is 3. The summed E-state index contributed by atoms with van der Waals surface area (Å²) in [6, 6.07) is 21.0. The molecule has 1 N–H and O–H groups in total. The highest BCUT2D eigenvalue weighted by atomic mass is 32.2. The van der Waals surface area contributed by atoms with Crippen LogP contribution < -0.4 is 5.56 Å². The van der Waals surface area contributed by atoms with Crippen LogP contribution in [0.2, 0.25) is 0 Å². The number of H-pyrrole nitrogens is 1. The number of para-hydroxylation sites is 2. The first kappa shape index (κ1) is 20.3. The van der Waals surface area contributed by atoms with Gasteiger partial charge in [0.2, 0.25) is 0 Å². The smallest absolute Gasteiger partial charge is 0.266 e. The van der Waals surface area contributed by atoms with Crippen LogP contribution in [0.1, 0.15) is 21.5 Å². The summed E-state index contributed by atoms with van der Waals surface area (Å²) >= 11 is 1.29. The van der Waals surface area contributed by atoms with Crippen LogP contribution in [0, 0.1) is 13.8 Å². The van der Waals surface area contributed by atoms with Gasteiger partial charge in [-0.1, -0.05) is 59.8 Å². The van der Waals surface area contributed by atoms with Crippen LogP contribution in [0.4, 0.5) is 0 Å². The highest BCUT2D eigenvalue weighted by Gasteiger charge is 2.18. The number of fused-ring (bicyclic) bond motifs is 2. The van der Waals surface area contributed by atoms with Crippen molar-refractivity contribution in [3.05, 3.63) is 100.0 Å². The molecule has 0 saturated carbocycles. The first-order valence-corrected chi connectivity index (χ1v) is 11.3. The summed E-state index contributed by atoms with van der Waals surface area (Å²) in [5, 5.41) is 1.96. The largest absolute Gasteiger partial charge is 0.360 e. The maximum atomic E-state index is 13.5. The van der Waals surface area contributed by atoms with E-state index < -0.39 is 0 Å². The summed E-state index contributed by atoms with van der Waals surface area (Å²) in [7, 11) is 0. The monoisotopic (exact) mass is 439 g/mol. The summed E-state index contributed by atoms with van der Waals surface area (Å²) in [5.41, 5.74) is 4.95. The maximum Gasteiger partial charge on any atom is 0.266 e. The second-order valence-corrected chi connectivity index (χ2v) is 8.74. The molecule has 0 aliphatic rings. The number of thioether (sulfide) groups is 1. The van der Waals surface area contributed by atoms with Crippen molar-refractivity contribution < 1.29 is 4.79 Å². The van der Waals surface area contributed by atoms with Crippen molar-refractivity contribution in [3.8, 4) is 5.69 Å². The first-order chi connectivity index (χ1) is 15.5. The minimum atomic E-state index is -0.135. The fourth-order valence-corrected chi connectivity index (χ4v) is 4.88. The van der Waals surface area contributed by atoms with E-state index in [0.29, 0.717) is 21.6 Å². The average molecular weight is 440 g/mol. The summed E-state index contributed by atoms with van der Waals surface area (Å²) in [4.78, 5) is 34.4. The van der Waals surface area contributed by atoms with Gasteiger partial charge in [0, 0.05) is 22.7 Å². The van der Waals surface area contributed by atoms with Crippen LogP contribution in [0.25, 0.3) is 27.5 Å². The molecule has 0 saturated heterocycles. The molecule has 2 heterocycles. The molecule has 0 amide bonds. The van der Waals surface area contributed by atoms with Gasteiger partial charge < -0.3 is 4.98 Å². The van der Waals surface area contributed by atoms with Gasteiger partial charge in [-0.2, -0.15) is 0 Å². The van der Waals surface area contributed by atoms with Crippen molar-refractivity contribution >= 4 is 39.4 Å². The molecule has 5 rings (SSSR count). The van der Waals surface area contributed by atoms with Crippen molar-refractivity contribution in [1.29, 1.82) is 0 Å². The van der Waals surface area contributed by atoms with Gasteiger partial charge >= 0.3 is 0 Å². The number of nitrogens with zero attached hydrogens (tertiary/aromatic N) is 2. The Bertz CT molecular complexity index is 1550. The molecule has 5 aromatic rings. The van der Waals surface area contributed by atoms with Crippen molar-refractivity contribution in [2.75, 3.05) is 5.75 Å². The Kier molecular flexibility index (Phi) is 5.15. The van der Waals surface area contributed by atoms with E-state index >= 15 is 0 Å². The Morgan fingerprint density at radius 3 is 2.56 bits per heavy atom. The molecule has 0 unspecified atom stereocenters. The lowest BCUT2D eigenvalue weighted by molar-refractivity contribution is 0.102. The van der Waals surface area contributed by atoms with E-state index in [4.69, 9.17) is 4.98 Å². The van der Waals surface area contributed by atoms with Crippen molar-refractivity contribution in [2.24, 2.45) is 0 Å². The second kappa shape index (κ2) is 8.13. The minimum absolute atomic E-state index is 0.0120. The number of Topliss-reactive ketones (excluding diaryl/α,β-unsaturated/α-hetero) is 1. The van der Waals surface area contributed by atoms with E-state index in [-0.39, 0.29) is 17.1 Å². The number of carbonyl (C=O) groups is 1. The number of ketones is 1. The zero-order chi connectivity index (χ0) is 22.2. The Hall–Kier alpha value is -3.64. The number of nitrogens with one attached hydrogen (secondary N) is 1. The van der Waals surface area contributed by atoms with Gasteiger partial charge in [0.25, 0.3) is 5.56 Å². The lowest BCUT2D eigenvalue weighted by Crippen LogP contribution is -2.23. The Morgan fingerprint density at radius 2 is 1.75 bits per heavy atom. The molecule has 0 atom stereocenters. The van der Waals surface area contributed by atoms with E-state index in [0.717, 1.165) is 27.7 Å². The van der Waals surface area contributed by atoms with Crippen LogP contribution in [-0.2, 0) is 0 Å². The molecule has 0 bridgehead atoms. The van der Waals surface area contributed by atoms with E-state index in [1.165, 1.54) is 11.8 Å². The van der Waals surface area contributed by atoms with E-state index in [9.17, 15) is 9.59 Å². The number of rotatable bonds is 5. The molecule has 0 radical (unpaired) electrons. The van der Waals surface area contributed by atoms with Crippen LogP contribution >= 0.6 is 11.8 Å². The highest BCUT2D eigenvalue weighted by molar-refractivity contribution is 7.99. The predicted molar refractivity (Wildman–Crippen MR) is 130 cm³/mol. The molecule has 0 fully saturated rings. The summed E-state index contributed by atoms with van der Waals surface area (Å²) < 4.78 is 1.63. The van der Waals surface area contributed by atoms with Crippen LogP contribution in [0.5, 0.6) is 0 Å². The number of carbonyl (C=O) groups excluding carboxylic acids is 1. The Morgan fingerprint density at radius 1 is 1.00 bits per heavy atom. The molecule has 0 spiro atoms. The van der Waals surface area contributed by atoms with Crippen LogP contribution in [0.15, 0.2) is 82.9 Å². The molecule has 158 valence electrons. The molecule has 2 aromatic heterocycles. The molecular weight excluding hydrogens is 418 g/mol. The molecule has 6 heteroatoms. The molecule has 0 aliphatic heterocycles. The Balaban J connectivity index is 1.58.